The van der Waals surface area contributed by atoms with E-state index in [2.05, 4.69) is 0 Å². The van der Waals surface area contributed by atoms with Crippen LogP contribution >= 0.6 is 0 Å². The Morgan fingerprint density at radius 3 is 2.71 bits per heavy atom. The minimum absolute atomic E-state index is 0.458. The zero-order chi connectivity index (χ0) is 10.6. The number of nitrogens with two attached hydrogens (primary N) is 1. The van der Waals surface area contributed by atoms with Gasteiger partial charge in [0.15, 0.2) is 6.73 Å². The topological polar surface area (TPSA) is 75.8 Å². The Balaban J connectivity index is 0.000000213. The summed E-state index contributed by atoms with van der Waals surface area (Å²) in [4.78, 5) is 9.00. The minimum atomic E-state index is -0.833. The van der Waals surface area contributed by atoms with Gasteiger partial charge in [-0.15, -0.1) is 0 Å². The van der Waals surface area contributed by atoms with E-state index >= 15 is 0 Å². The number of benzene rings is 1. The van der Waals surface area contributed by atoms with Gasteiger partial charge in [0.05, 0.1) is 5.69 Å². The summed E-state index contributed by atoms with van der Waals surface area (Å²) in [6.07, 6.45) is 0. The predicted molar refractivity (Wildman–Crippen MR) is 51.9 cm³/mol. The van der Waals surface area contributed by atoms with Crippen molar-refractivity contribution in [2.75, 3.05) is 11.7 Å². The van der Waals surface area contributed by atoms with Gasteiger partial charge < -0.3 is 9.84 Å². The smallest absolute Gasteiger partial charge is 0.300 e. The molecule has 1 heterocycles. The van der Waals surface area contributed by atoms with E-state index in [1.165, 1.54) is 0 Å². The fourth-order valence-electron chi connectivity index (χ4n) is 1.03. The van der Waals surface area contributed by atoms with Gasteiger partial charge >= 0.3 is 0 Å². The third kappa shape index (κ3) is 2.63. The van der Waals surface area contributed by atoms with Crippen LogP contribution in [0, 0.1) is 0 Å². The maximum absolute atomic E-state index is 9.00. The van der Waals surface area contributed by atoms with Crippen molar-refractivity contribution in [2.45, 2.75) is 6.92 Å². The van der Waals surface area contributed by atoms with Crippen molar-refractivity contribution in [2.24, 2.45) is 5.84 Å². The quantitative estimate of drug-likeness (QED) is 0.600. The van der Waals surface area contributed by atoms with Gasteiger partial charge in [-0.2, -0.15) is 0 Å². The van der Waals surface area contributed by atoms with E-state index in [1.54, 1.807) is 5.01 Å². The molecule has 1 aliphatic rings. The van der Waals surface area contributed by atoms with Gasteiger partial charge in [0.1, 0.15) is 5.75 Å². The second-order valence-corrected chi connectivity index (χ2v) is 2.73. The maximum Gasteiger partial charge on any atom is 0.300 e. The highest BCUT2D eigenvalue weighted by atomic mass is 16.5. The number of nitrogens with zero attached hydrogens (tertiary/aromatic N) is 1. The van der Waals surface area contributed by atoms with Crippen molar-refractivity contribution in [3.05, 3.63) is 24.3 Å². The van der Waals surface area contributed by atoms with Crippen molar-refractivity contribution < 1.29 is 14.6 Å². The number of ether oxygens (including phenoxy) is 1. The van der Waals surface area contributed by atoms with Crippen LogP contribution in [0.25, 0.3) is 0 Å². The standard InChI is InChI=1S/C7H8N2O.C2H4O2/c8-9-5-10-7-4-2-1-3-6(7)9;1-2(3)4/h1-4H,5,8H2;1H3,(H,3,4). The zero-order valence-electron chi connectivity index (χ0n) is 7.80. The lowest BCUT2D eigenvalue weighted by atomic mass is 10.3. The molecule has 14 heavy (non-hydrogen) atoms. The first-order chi connectivity index (χ1) is 6.61. The predicted octanol–water partition coefficient (Wildman–Crippen LogP) is 0.807. The molecule has 0 saturated carbocycles. The van der Waals surface area contributed by atoms with E-state index in [9.17, 15) is 0 Å². The van der Waals surface area contributed by atoms with E-state index in [0.29, 0.717) is 6.73 Å². The maximum atomic E-state index is 9.00. The summed E-state index contributed by atoms with van der Waals surface area (Å²) < 4.78 is 5.21. The number of para-hydroxylation sites is 2. The monoisotopic (exact) mass is 196 g/mol. The molecule has 0 unspecified atom stereocenters. The molecule has 0 saturated heterocycles. The largest absolute Gasteiger partial charge is 0.481 e. The Hall–Kier alpha value is -1.75. The molecule has 2 rings (SSSR count). The molecule has 0 aliphatic carbocycles. The van der Waals surface area contributed by atoms with Crippen LogP contribution in [0.4, 0.5) is 5.69 Å². The van der Waals surface area contributed by atoms with E-state index in [1.807, 2.05) is 24.3 Å². The van der Waals surface area contributed by atoms with E-state index < -0.39 is 5.97 Å². The summed E-state index contributed by atoms with van der Waals surface area (Å²) in [6, 6.07) is 7.70. The van der Waals surface area contributed by atoms with Crippen molar-refractivity contribution in [3.63, 3.8) is 0 Å². The van der Waals surface area contributed by atoms with Crippen LogP contribution in [-0.2, 0) is 4.79 Å². The Bertz CT molecular complexity index is 324. The van der Waals surface area contributed by atoms with Crippen LogP contribution < -0.4 is 15.6 Å². The van der Waals surface area contributed by atoms with Crippen LogP contribution in [0.2, 0.25) is 0 Å². The number of carboxylic acids is 1. The molecule has 1 aromatic carbocycles. The summed E-state index contributed by atoms with van der Waals surface area (Å²) in [6.45, 7) is 1.54. The lowest BCUT2D eigenvalue weighted by Crippen LogP contribution is -2.29. The Morgan fingerprint density at radius 2 is 2.14 bits per heavy atom. The molecule has 0 bridgehead atoms. The number of hydrogen-bond acceptors (Lipinski definition) is 4. The molecule has 1 aromatic rings. The first-order valence-electron chi connectivity index (χ1n) is 4.05. The number of rotatable bonds is 0. The molecular weight excluding hydrogens is 184 g/mol. The highest BCUT2D eigenvalue weighted by molar-refractivity contribution is 5.63. The summed E-state index contributed by atoms with van der Waals surface area (Å²) in [5.74, 6) is 5.59. The third-order valence-corrected chi connectivity index (χ3v) is 1.53. The molecule has 5 heteroatoms. The summed E-state index contributed by atoms with van der Waals surface area (Å²) >= 11 is 0. The molecule has 0 aromatic heterocycles. The molecule has 0 radical (unpaired) electrons. The number of aliphatic carboxylic acids is 1. The van der Waals surface area contributed by atoms with Gasteiger partial charge in [-0.05, 0) is 12.1 Å². The number of carboxylic acid groups (broad SMARTS) is 1. The van der Waals surface area contributed by atoms with Gasteiger partial charge in [-0.25, -0.2) is 5.84 Å². The molecular formula is C9H12N2O3. The fourth-order valence-corrected chi connectivity index (χ4v) is 1.03. The van der Waals surface area contributed by atoms with Gasteiger partial charge in [-0.1, -0.05) is 12.1 Å². The number of anilines is 1. The van der Waals surface area contributed by atoms with Crippen LogP contribution in [0.1, 0.15) is 6.92 Å². The number of fused-ring (bicyclic) bond motifs is 1. The molecule has 0 atom stereocenters. The van der Waals surface area contributed by atoms with Gasteiger partial charge in [0, 0.05) is 6.92 Å². The molecule has 5 nitrogen and oxygen atoms in total. The van der Waals surface area contributed by atoms with E-state index in [4.69, 9.17) is 20.5 Å². The van der Waals surface area contributed by atoms with Gasteiger partial charge in [-0.3, -0.25) is 9.80 Å². The average Bonchev–Trinajstić information content (AvgIpc) is 2.48. The molecule has 0 amide bonds. The molecule has 0 spiro atoms. The van der Waals surface area contributed by atoms with Crippen molar-refractivity contribution in [3.8, 4) is 5.75 Å². The average molecular weight is 196 g/mol. The number of hydrazine groups is 1. The molecule has 76 valence electrons. The van der Waals surface area contributed by atoms with Crippen LogP contribution in [0.3, 0.4) is 0 Å². The molecule has 3 N–H and O–H groups in total. The van der Waals surface area contributed by atoms with Crippen LogP contribution in [-0.4, -0.2) is 17.8 Å². The highest BCUT2D eigenvalue weighted by Gasteiger charge is 2.15. The number of carbonyl (C=O) groups is 1. The summed E-state index contributed by atoms with van der Waals surface area (Å²) in [5.41, 5.74) is 0.961. The Labute approximate surface area is 81.7 Å². The second-order valence-electron chi connectivity index (χ2n) is 2.73. The number of hydrogen-bond donors (Lipinski definition) is 2. The molecule has 1 aliphatic heterocycles. The Kier molecular flexibility index (Phi) is 3.30. The Morgan fingerprint density at radius 1 is 1.57 bits per heavy atom. The van der Waals surface area contributed by atoms with Gasteiger partial charge in [0.25, 0.3) is 5.97 Å². The zero-order valence-corrected chi connectivity index (χ0v) is 7.80. The first kappa shape index (κ1) is 10.3. The lowest BCUT2D eigenvalue weighted by Gasteiger charge is -2.05. The SMILES string of the molecule is CC(=O)O.NN1COc2ccccc21. The lowest BCUT2D eigenvalue weighted by molar-refractivity contribution is -0.134. The van der Waals surface area contributed by atoms with Crippen molar-refractivity contribution in [1.29, 1.82) is 0 Å². The highest BCUT2D eigenvalue weighted by Crippen LogP contribution is 2.30. The second kappa shape index (κ2) is 4.48. The van der Waals surface area contributed by atoms with Gasteiger partial charge in [0.2, 0.25) is 0 Å². The van der Waals surface area contributed by atoms with Crippen molar-refractivity contribution in [1.82, 2.24) is 0 Å². The fraction of sp³-hybridized carbons (Fsp3) is 0.222. The summed E-state index contributed by atoms with van der Waals surface area (Å²) in [5, 5.41) is 9.00. The van der Waals surface area contributed by atoms with E-state index in [0.717, 1.165) is 18.4 Å². The van der Waals surface area contributed by atoms with Crippen LogP contribution in [0.5, 0.6) is 5.75 Å². The summed E-state index contributed by atoms with van der Waals surface area (Å²) in [7, 11) is 0. The van der Waals surface area contributed by atoms with Crippen LogP contribution in [0.15, 0.2) is 24.3 Å². The van der Waals surface area contributed by atoms with Crippen molar-refractivity contribution >= 4 is 11.7 Å². The first-order valence-corrected chi connectivity index (χ1v) is 4.05. The minimum Gasteiger partial charge on any atom is -0.481 e. The normalized spacial score (nSPS) is 12.3. The third-order valence-electron chi connectivity index (χ3n) is 1.53. The molecule has 0 fully saturated rings. The van der Waals surface area contributed by atoms with E-state index in [-0.39, 0.29) is 0 Å².